The summed E-state index contributed by atoms with van der Waals surface area (Å²) in [7, 11) is 0. The Balaban J connectivity index is 2.20. The SMILES string of the molecule is C[C@H](NC(=O)c1ncccc1C(=O)O)c1cccc(Br)c1. The third-order valence-electron chi connectivity index (χ3n) is 2.95. The Morgan fingerprint density at radius 2 is 2.05 bits per heavy atom. The second kappa shape index (κ2) is 6.49. The zero-order chi connectivity index (χ0) is 15.4. The summed E-state index contributed by atoms with van der Waals surface area (Å²) in [5.41, 5.74) is 0.703. The number of nitrogens with zero attached hydrogens (tertiary/aromatic N) is 1. The lowest BCUT2D eigenvalue weighted by atomic mass is 10.1. The minimum Gasteiger partial charge on any atom is -0.478 e. The van der Waals surface area contributed by atoms with Crippen LogP contribution in [-0.4, -0.2) is 22.0 Å². The summed E-state index contributed by atoms with van der Waals surface area (Å²) in [5.74, 6) is -1.69. The molecule has 21 heavy (non-hydrogen) atoms. The highest BCUT2D eigenvalue weighted by Gasteiger charge is 2.19. The van der Waals surface area contributed by atoms with Gasteiger partial charge in [0.05, 0.1) is 11.6 Å². The van der Waals surface area contributed by atoms with Gasteiger partial charge in [0.2, 0.25) is 0 Å². The van der Waals surface area contributed by atoms with Crippen LogP contribution in [0.2, 0.25) is 0 Å². The van der Waals surface area contributed by atoms with E-state index in [1.807, 2.05) is 31.2 Å². The van der Waals surface area contributed by atoms with Gasteiger partial charge in [-0.05, 0) is 36.8 Å². The number of aromatic nitrogens is 1. The molecule has 0 aliphatic heterocycles. The Morgan fingerprint density at radius 1 is 1.29 bits per heavy atom. The quantitative estimate of drug-likeness (QED) is 0.889. The largest absolute Gasteiger partial charge is 0.478 e. The number of nitrogens with one attached hydrogen (secondary N) is 1. The first-order chi connectivity index (χ1) is 9.99. The van der Waals surface area contributed by atoms with Crippen molar-refractivity contribution >= 4 is 27.8 Å². The van der Waals surface area contributed by atoms with Crippen LogP contribution in [-0.2, 0) is 0 Å². The van der Waals surface area contributed by atoms with Crippen molar-refractivity contribution in [1.82, 2.24) is 10.3 Å². The first-order valence-electron chi connectivity index (χ1n) is 6.23. The molecule has 1 atom stereocenters. The topological polar surface area (TPSA) is 79.3 Å². The molecule has 108 valence electrons. The molecule has 1 heterocycles. The number of hydrogen-bond acceptors (Lipinski definition) is 3. The molecule has 0 saturated heterocycles. The van der Waals surface area contributed by atoms with Crippen LogP contribution in [0.4, 0.5) is 0 Å². The molecular weight excluding hydrogens is 336 g/mol. The van der Waals surface area contributed by atoms with Crippen molar-refractivity contribution in [3.05, 3.63) is 63.9 Å². The van der Waals surface area contributed by atoms with Gasteiger partial charge in [-0.1, -0.05) is 28.1 Å². The molecule has 1 aromatic carbocycles. The predicted octanol–water partition coefficient (Wildman–Crippen LogP) is 3.03. The molecule has 5 nitrogen and oxygen atoms in total. The van der Waals surface area contributed by atoms with Gasteiger partial charge in [-0.25, -0.2) is 4.79 Å². The average Bonchev–Trinajstić information content (AvgIpc) is 2.47. The van der Waals surface area contributed by atoms with Crippen LogP contribution in [0.3, 0.4) is 0 Å². The molecule has 0 saturated carbocycles. The van der Waals surface area contributed by atoms with Gasteiger partial charge in [-0.3, -0.25) is 9.78 Å². The number of rotatable bonds is 4. The molecule has 1 amide bonds. The van der Waals surface area contributed by atoms with Gasteiger partial charge in [0.25, 0.3) is 5.91 Å². The zero-order valence-electron chi connectivity index (χ0n) is 11.2. The summed E-state index contributed by atoms with van der Waals surface area (Å²) in [6.07, 6.45) is 1.39. The molecule has 0 bridgehead atoms. The highest BCUT2D eigenvalue weighted by molar-refractivity contribution is 9.10. The highest BCUT2D eigenvalue weighted by atomic mass is 79.9. The third-order valence-corrected chi connectivity index (χ3v) is 3.44. The molecule has 2 aromatic rings. The Labute approximate surface area is 130 Å². The second-order valence-corrected chi connectivity index (χ2v) is 5.37. The molecule has 0 aliphatic rings. The maximum absolute atomic E-state index is 12.2. The third kappa shape index (κ3) is 3.66. The van der Waals surface area contributed by atoms with Crippen molar-refractivity contribution in [1.29, 1.82) is 0 Å². The van der Waals surface area contributed by atoms with E-state index in [0.717, 1.165) is 10.0 Å². The van der Waals surface area contributed by atoms with Crippen molar-refractivity contribution in [3.63, 3.8) is 0 Å². The first kappa shape index (κ1) is 15.2. The van der Waals surface area contributed by atoms with Crippen LogP contribution in [0.25, 0.3) is 0 Å². The average molecular weight is 349 g/mol. The predicted molar refractivity (Wildman–Crippen MR) is 81.2 cm³/mol. The lowest BCUT2D eigenvalue weighted by molar-refractivity contribution is 0.0689. The summed E-state index contributed by atoms with van der Waals surface area (Å²) in [4.78, 5) is 27.2. The number of carboxylic acid groups (broad SMARTS) is 1. The van der Waals surface area contributed by atoms with E-state index in [0.29, 0.717) is 0 Å². The number of benzene rings is 1. The lowest BCUT2D eigenvalue weighted by Crippen LogP contribution is -2.29. The summed E-state index contributed by atoms with van der Waals surface area (Å²) in [6.45, 7) is 1.82. The van der Waals surface area contributed by atoms with E-state index in [2.05, 4.69) is 26.2 Å². The van der Waals surface area contributed by atoms with Crippen molar-refractivity contribution in [2.45, 2.75) is 13.0 Å². The number of pyridine rings is 1. The van der Waals surface area contributed by atoms with Crippen LogP contribution in [0.1, 0.15) is 39.4 Å². The zero-order valence-corrected chi connectivity index (χ0v) is 12.8. The first-order valence-corrected chi connectivity index (χ1v) is 7.03. The van der Waals surface area contributed by atoms with E-state index in [-0.39, 0.29) is 17.3 Å². The summed E-state index contributed by atoms with van der Waals surface area (Å²) in [6, 6.07) is 10.1. The second-order valence-electron chi connectivity index (χ2n) is 4.45. The van der Waals surface area contributed by atoms with Gasteiger partial charge in [-0.15, -0.1) is 0 Å². The van der Waals surface area contributed by atoms with Gasteiger partial charge in [0.15, 0.2) is 0 Å². The molecule has 2 N–H and O–H groups in total. The van der Waals surface area contributed by atoms with Gasteiger partial charge in [-0.2, -0.15) is 0 Å². The fourth-order valence-corrected chi connectivity index (χ4v) is 2.30. The van der Waals surface area contributed by atoms with E-state index in [9.17, 15) is 9.59 Å². The lowest BCUT2D eigenvalue weighted by Gasteiger charge is -2.15. The number of hydrogen-bond donors (Lipinski definition) is 2. The standard InChI is InChI=1S/C15H13BrN2O3/c1-9(10-4-2-5-11(16)8-10)18-14(19)13-12(15(20)21)6-3-7-17-13/h2-9H,1H3,(H,18,19)(H,20,21)/t9-/m0/s1. The van der Waals surface area contributed by atoms with Crippen LogP contribution in [0.5, 0.6) is 0 Å². The summed E-state index contributed by atoms with van der Waals surface area (Å²) < 4.78 is 0.908. The minimum atomic E-state index is -1.18. The van der Waals surface area contributed by atoms with E-state index in [4.69, 9.17) is 5.11 Å². The van der Waals surface area contributed by atoms with E-state index in [1.54, 1.807) is 0 Å². The molecule has 0 spiro atoms. The maximum atomic E-state index is 12.2. The van der Waals surface area contributed by atoms with Crippen LogP contribution in [0, 0.1) is 0 Å². The minimum absolute atomic E-state index is 0.0909. The Bertz CT molecular complexity index is 688. The molecule has 0 unspecified atom stereocenters. The Hall–Kier alpha value is -2.21. The van der Waals surface area contributed by atoms with Crippen LogP contribution in [0.15, 0.2) is 47.1 Å². The fourth-order valence-electron chi connectivity index (χ4n) is 1.88. The monoisotopic (exact) mass is 348 g/mol. The van der Waals surface area contributed by atoms with E-state index < -0.39 is 11.9 Å². The van der Waals surface area contributed by atoms with Crippen molar-refractivity contribution in [2.24, 2.45) is 0 Å². The number of carboxylic acids is 1. The number of carbonyl (C=O) groups is 2. The Kier molecular flexibility index (Phi) is 4.70. The number of halogens is 1. The van der Waals surface area contributed by atoms with Gasteiger partial charge in [0, 0.05) is 10.7 Å². The summed E-state index contributed by atoms with van der Waals surface area (Å²) in [5, 5.41) is 11.8. The van der Waals surface area contributed by atoms with E-state index in [1.165, 1.54) is 18.3 Å². The molecular formula is C15H13BrN2O3. The molecule has 0 radical (unpaired) electrons. The number of amides is 1. The fraction of sp³-hybridized carbons (Fsp3) is 0.133. The smallest absolute Gasteiger partial charge is 0.338 e. The van der Waals surface area contributed by atoms with Crippen LogP contribution >= 0.6 is 15.9 Å². The number of aromatic carboxylic acids is 1. The van der Waals surface area contributed by atoms with Crippen molar-refractivity contribution in [3.8, 4) is 0 Å². The van der Waals surface area contributed by atoms with Crippen LogP contribution < -0.4 is 5.32 Å². The van der Waals surface area contributed by atoms with Gasteiger partial charge < -0.3 is 10.4 Å². The van der Waals surface area contributed by atoms with Crippen molar-refractivity contribution in [2.75, 3.05) is 0 Å². The molecule has 6 heteroatoms. The molecule has 1 aromatic heterocycles. The Morgan fingerprint density at radius 3 is 2.71 bits per heavy atom. The molecule has 0 fully saturated rings. The highest BCUT2D eigenvalue weighted by Crippen LogP contribution is 2.18. The summed E-state index contributed by atoms with van der Waals surface area (Å²) >= 11 is 3.37. The number of carbonyl (C=O) groups excluding carboxylic acids is 1. The molecule has 0 aliphatic carbocycles. The van der Waals surface area contributed by atoms with Gasteiger partial charge in [0.1, 0.15) is 5.69 Å². The van der Waals surface area contributed by atoms with Gasteiger partial charge >= 0.3 is 5.97 Å². The molecule has 2 rings (SSSR count). The van der Waals surface area contributed by atoms with Crippen molar-refractivity contribution < 1.29 is 14.7 Å². The maximum Gasteiger partial charge on any atom is 0.338 e. The van der Waals surface area contributed by atoms with E-state index >= 15 is 0 Å². The normalized spacial score (nSPS) is 11.7.